The Kier molecular flexibility index (Phi) is 11.1. The first kappa shape index (κ1) is 28.7. The smallest absolute Gasteiger partial charge is 0.227 e. The number of aromatic amines is 1. The van der Waals surface area contributed by atoms with Crippen LogP contribution in [0.25, 0.3) is 22.2 Å². The van der Waals surface area contributed by atoms with Crippen LogP contribution in [0.4, 0.5) is 17.3 Å². The van der Waals surface area contributed by atoms with Crippen LogP contribution >= 0.6 is 0 Å². The van der Waals surface area contributed by atoms with Crippen LogP contribution in [0.15, 0.2) is 85.7 Å². The SMILES string of the molecule is C/C=C\C(C)c1ccc2[nH]cc(-c3ccnc(Nc4ccc(N5CCOCC5)cc4)n3)c2c1.C=CC.CC. The van der Waals surface area contributed by atoms with E-state index in [1.54, 1.807) is 12.3 Å². The van der Waals surface area contributed by atoms with E-state index in [1.807, 2.05) is 33.0 Å². The van der Waals surface area contributed by atoms with E-state index in [1.165, 1.54) is 16.6 Å². The number of ether oxygens (including phenoxy) is 1. The number of rotatable bonds is 6. The van der Waals surface area contributed by atoms with Crippen LogP contribution in [-0.4, -0.2) is 41.3 Å². The van der Waals surface area contributed by atoms with Crippen molar-refractivity contribution in [3.8, 4) is 11.3 Å². The fraction of sp³-hybridized carbons (Fsp3) is 0.312. The van der Waals surface area contributed by atoms with Gasteiger partial charge < -0.3 is 19.9 Å². The summed E-state index contributed by atoms with van der Waals surface area (Å²) in [6.07, 6.45) is 9.89. The molecule has 2 aromatic heterocycles. The van der Waals surface area contributed by atoms with Crippen molar-refractivity contribution in [2.24, 2.45) is 0 Å². The molecule has 0 bridgehead atoms. The van der Waals surface area contributed by atoms with E-state index >= 15 is 0 Å². The molecule has 0 aliphatic carbocycles. The van der Waals surface area contributed by atoms with Gasteiger partial charge in [0.05, 0.1) is 18.9 Å². The Hall–Kier alpha value is -3.90. The first-order chi connectivity index (χ1) is 18.6. The highest BCUT2D eigenvalue weighted by Gasteiger charge is 2.13. The van der Waals surface area contributed by atoms with Crippen LogP contribution < -0.4 is 10.2 Å². The van der Waals surface area contributed by atoms with E-state index in [0.29, 0.717) is 11.9 Å². The summed E-state index contributed by atoms with van der Waals surface area (Å²) < 4.78 is 5.45. The van der Waals surface area contributed by atoms with Crippen LogP contribution in [0.5, 0.6) is 0 Å². The molecule has 200 valence electrons. The molecule has 1 aliphatic rings. The third-order valence-corrected chi connectivity index (χ3v) is 6.14. The molecule has 1 atom stereocenters. The maximum Gasteiger partial charge on any atom is 0.227 e. The predicted octanol–water partition coefficient (Wildman–Crippen LogP) is 8.10. The number of benzene rings is 2. The fourth-order valence-corrected chi connectivity index (χ4v) is 4.31. The van der Waals surface area contributed by atoms with E-state index in [9.17, 15) is 0 Å². The summed E-state index contributed by atoms with van der Waals surface area (Å²) in [6.45, 7) is 16.9. The minimum absolute atomic E-state index is 0.366. The highest BCUT2D eigenvalue weighted by Crippen LogP contribution is 2.31. The van der Waals surface area contributed by atoms with Crippen LogP contribution in [0, 0.1) is 0 Å². The second-order valence-electron chi connectivity index (χ2n) is 8.77. The Morgan fingerprint density at radius 3 is 2.45 bits per heavy atom. The summed E-state index contributed by atoms with van der Waals surface area (Å²) in [7, 11) is 0. The van der Waals surface area contributed by atoms with Gasteiger partial charge in [0.2, 0.25) is 5.95 Å². The fourth-order valence-electron chi connectivity index (χ4n) is 4.31. The summed E-state index contributed by atoms with van der Waals surface area (Å²) >= 11 is 0. The molecule has 4 aromatic rings. The number of fused-ring (bicyclic) bond motifs is 1. The van der Waals surface area contributed by atoms with Gasteiger partial charge in [-0.3, -0.25) is 0 Å². The second kappa shape index (κ2) is 14.7. The number of anilines is 3. The molecular formula is C32H41N5O. The van der Waals surface area contributed by atoms with Gasteiger partial charge in [0.25, 0.3) is 0 Å². The summed E-state index contributed by atoms with van der Waals surface area (Å²) in [5.74, 6) is 0.949. The van der Waals surface area contributed by atoms with E-state index in [2.05, 4.69) is 95.2 Å². The van der Waals surface area contributed by atoms with Crippen molar-refractivity contribution in [3.05, 3.63) is 91.3 Å². The third kappa shape index (κ3) is 7.33. The topological polar surface area (TPSA) is 66.1 Å². The molecule has 2 aromatic carbocycles. The number of hydrogen-bond acceptors (Lipinski definition) is 5. The first-order valence-corrected chi connectivity index (χ1v) is 13.5. The van der Waals surface area contributed by atoms with Gasteiger partial charge in [-0.1, -0.05) is 45.1 Å². The molecule has 0 amide bonds. The molecule has 0 radical (unpaired) electrons. The molecule has 1 saturated heterocycles. The van der Waals surface area contributed by atoms with Gasteiger partial charge in [-0.25, -0.2) is 9.97 Å². The molecule has 1 fully saturated rings. The second-order valence-corrected chi connectivity index (χ2v) is 8.77. The lowest BCUT2D eigenvalue weighted by Gasteiger charge is -2.28. The van der Waals surface area contributed by atoms with Gasteiger partial charge >= 0.3 is 0 Å². The average Bonchev–Trinajstić information content (AvgIpc) is 3.39. The zero-order valence-corrected chi connectivity index (χ0v) is 23.4. The molecule has 1 aliphatic heterocycles. The van der Waals surface area contributed by atoms with Crippen molar-refractivity contribution in [1.82, 2.24) is 15.0 Å². The largest absolute Gasteiger partial charge is 0.378 e. The van der Waals surface area contributed by atoms with Gasteiger partial charge in [0, 0.05) is 53.3 Å². The molecule has 1 unspecified atom stereocenters. The summed E-state index contributed by atoms with van der Waals surface area (Å²) in [5.41, 5.74) is 6.53. The molecule has 2 N–H and O–H groups in total. The summed E-state index contributed by atoms with van der Waals surface area (Å²) in [6, 6.07) is 16.9. The van der Waals surface area contributed by atoms with Crippen LogP contribution in [0.2, 0.25) is 0 Å². The first-order valence-electron chi connectivity index (χ1n) is 13.5. The van der Waals surface area contributed by atoms with Crippen molar-refractivity contribution >= 4 is 28.2 Å². The summed E-state index contributed by atoms with van der Waals surface area (Å²) in [4.78, 5) is 15.0. The molecular weight excluding hydrogens is 470 g/mol. The lowest BCUT2D eigenvalue weighted by molar-refractivity contribution is 0.122. The standard InChI is InChI=1S/C27H29N5O.C3H6.C2H6/c1-3-4-19(2)20-5-10-25-23(17-20)24(18-29-25)26-11-12-28-27(31-26)30-21-6-8-22(9-7-21)32-13-15-33-16-14-32;1-3-2;1-2/h3-12,17-19,29H,13-16H2,1-2H3,(H,28,30,31);3H,1H2,2H3;1-2H3/b4-3-;;. The van der Waals surface area contributed by atoms with E-state index in [0.717, 1.165) is 48.8 Å². The van der Waals surface area contributed by atoms with Crippen molar-refractivity contribution in [2.75, 3.05) is 36.5 Å². The Morgan fingerprint density at radius 1 is 1.05 bits per heavy atom. The number of H-pyrrole nitrogens is 1. The maximum absolute atomic E-state index is 5.45. The van der Waals surface area contributed by atoms with Crippen molar-refractivity contribution in [3.63, 3.8) is 0 Å². The minimum atomic E-state index is 0.366. The predicted molar refractivity (Wildman–Crippen MR) is 163 cm³/mol. The molecule has 3 heterocycles. The van der Waals surface area contributed by atoms with Crippen LogP contribution in [0.1, 0.15) is 46.1 Å². The Bertz CT molecular complexity index is 1300. The highest BCUT2D eigenvalue weighted by atomic mass is 16.5. The zero-order valence-electron chi connectivity index (χ0n) is 23.4. The van der Waals surface area contributed by atoms with Gasteiger partial charge in [-0.15, -0.1) is 6.58 Å². The van der Waals surface area contributed by atoms with Crippen molar-refractivity contribution in [1.29, 1.82) is 0 Å². The Balaban J connectivity index is 0.000000748. The van der Waals surface area contributed by atoms with Gasteiger partial charge in [-0.2, -0.15) is 0 Å². The molecule has 6 heteroatoms. The monoisotopic (exact) mass is 511 g/mol. The van der Waals surface area contributed by atoms with E-state index in [-0.39, 0.29) is 0 Å². The number of nitrogens with zero attached hydrogens (tertiary/aromatic N) is 3. The zero-order chi connectivity index (χ0) is 27.3. The molecule has 0 saturated carbocycles. The van der Waals surface area contributed by atoms with Gasteiger partial charge in [0.1, 0.15) is 0 Å². The molecule has 38 heavy (non-hydrogen) atoms. The number of nitrogens with one attached hydrogen (secondary N) is 2. The Labute approximate surface area is 227 Å². The average molecular weight is 512 g/mol. The van der Waals surface area contributed by atoms with Crippen molar-refractivity contribution < 1.29 is 4.74 Å². The minimum Gasteiger partial charge on any atom is -0.378 e. The third-order valence-electron chi connectivity index (χ3n) is 6.14. The Morgan fingerprint density at radius 2 is 1.76 bits per heavy atom. The molecule has 0 spiro atoms. The van der Waals surface area contributed by atoms with Gasteiger partial charge in [0.15, 0.2) is 0 Å². The number of aromatic nitrogens is 3. The van der Waals surface area contributed by atoms with Crippen LogP contribution in [-0.2, 0) is 4.74 Å². The van der Waals surface area contributed by atoms with E-state index in [4.69, 9.17) is 9.72 Å². The number of morpholine rings is 1. The maximum atomic E-state index is 5.45. The van der Waals surface area contributed by atoms with Crippen molar-refractivity contribution in [2.45, 2.75) is 40.5 Å². The lowest BCUT2D eigenvalue weighted by Crippen LogP contribution is -2.36. The van der Waals surface area contributed by atoms with Crippen LogP contribution in [0.3, 0.4) is 0 Å². The quantitative estimate of drug-likeness (QED) is 0.256. The van der Waals surface area contributed by atoms with E-state index < -0.39 is 0 Å². The number of allylic oxidation sites excluding steroid dienone is 3. The van der Waals surface area contributed by atoms with Gasteiger partial charge in [-0.05, 0) is 67.8 Å². The number of hydrogen-bond donors (Lipinski definition) is 2. The highest BCUT2D eigenvalue weighted by molar-refractivity contribution is 5.95. The summed E-state index contributed by atoms with van der Waals surface area (Å²) in [5, 5.41) is 4.52. The normalized spacial score (nSPS) is 13.8. The lowest BCUT2D eigenvalue weighted by atomic mass is 9.98. The molecule has 6 nitrogen and oxygen atoms in total. The molecule has 5 rings (SSSR count).